The van der Waals surface area contributed by atoms with E-state index in [0.717, 1.165) is 32.0 Å². The van der Waals surface area contributed by atoms with Gasteiger partial charge in [0.25, 0.3) is 0 Å². The lowest BCUT2D eigenvalue weighted by molar-refractivity contribution is -0.143. The molecule has 0 aliphatic carbocycles. The summed E-state index contributed by atoms with van der Waals surface area (Å²) in [5.74, 6) is 0. The minimum absolute atomic E-state index is 0.864. The first kappa shape index (κ1) is 17.7. The highest BCUT2D eigenvalue weighted by molar-refractivity contribution is 7.12. The van der Waals surface area contributed by atoms with E-state index in [0.29, 0.717) is 0 Å². The van der Waals surface area contributed by atoms with Gasteiger partial charge in [0, 0.05) is 30.6 Å². The van der Waals surface area contributed by atoms with Gasteiger partial charge >= 0.3 is 0 Å². The Bertz CT molecular complexity index is 656. The Morgan fingerprint density at radius 1 is 0.591 bits per heavy atom. The van der Waals surface area contributed by atoms with E-state index in [4.69, 9.17) is 0 Å². The third kappa shape index (κ3) is 2.37. The fraction of sp³-hybridized carbons (Fsp3) is 0.556. The van der Waals surface area contributed by atoms with Gasteiger partial charge < -0.3 is 10.2 Å². The zero-order valence-electron chi connectivity index (χ0n) is 14.7. The van der Waals surface area contributed by atoms with Gasteiger partial charge in [-0.05, 0) is 66.5 Å². The number of hydrogen-bond donors (Lipinski definition) is 2. The molecule has 0 fully saturated rings. The summed E-state index contributed by atoms with van der Waals surface area (Å²) < 4.78 is 0. The quantitative estimate of drug-likeness (QED) is 0.846. The summed E-state index contributed by atoms with van der Waals surface area (Å²) in [5.41, 5.74) is 1.21. The summed E-state index contributed by atoms with van der Waals surface area (Å²) in [6, 6.07) is 0. The normalized spacial score (nSPS) is 17.4. The number of aliphatic hydroxyl groups is 2. The van der Waals surface area contributed by atoms with E-state index in [-0.39, 0.29) is 0 Å². The van der Waals surface area contributed by atoms with Gasteiger partial charge in [-0.15, -0.1) is 22.7 Å². The van der Waals surface area contributed by atoms with Crippen LogP contribution >= 0.6 is 22.7 Å². The van der Waals surface area contributed by atoms with Crippen LogP contribution in [0.1, 0.15) is 55.6 Å². The van der Waals surface area contributed by atoms with Crippen molar-refractivity contribution < 1.29 is 10.2 Å². The molecule has 0 saturated heterocycles. The molecule has 4 heteroatoms. The maximum Gasteiger partial charge on any atom is 0.121 e. The van der Waals surface area contributed by atoms with Crippen molar-refractivity contribution in [2.24, 2.45) is 0 Å². The highest BCUT2D eigenvalue weighted by Gasteiger charge is 2.48. The van der Waals surface area contributed by atoms with E-state index in [1.54, 1.807) is 36.5 Å². The number of hydrogen-bond acceptors (Lipinski definition) is 4. The first-order valence-corrected chi connectivity index (χ1v) is 9.15. The van der Waals surface area contributed by atoms with Crippen LogP contribution in [-0.2, 0) is 11.2 Å². The topological polar surface area (TPSA) is 40.5 Å². The molecule has 0 radical (unpaired) electrons. The number of thiophene rings is 2. The average molecular weight is 339 g/mol. The van der Waals surface area contributed by atoms with Gasteiger partial charge in [0.05, 0.1) is 0 Å². The molecule has 2 aromatic rings. The van der Waals surface area contributed by atoms with Gasteiger partial charge in [-0.2, -0.15) is 0 Å². The maximum atomic E-state index is 11.4. The van der Waals surface area contributed by atoms with Crippen molar-refractivity contribution in [2.45, 2.75) is 66.6 Å². The van der Waals surface area contributed by atoms with E-state index in [1.807, 2.05) is 27.7 Å². The minimum atomic E-state index is -1.34. The Morgan fingerprint density at radius 2 is 0.864 bits per heavy atom. The molecule has 2 rings (SSSR count). The summed E-state index contributed by atoms with van der Waals surface area (Å²) in [4.78, 5) is 4.53. The summed E-state index contributed by atoms with van der Waals surface area (Å²) in [5, 5.41) is 22.7. The lowest BCUT2D eigenvalue weighted by Gasteiger charge is -2.40. The highest BCUT2D eigenvalue weighted by atomic mass is 32.1. The van der Waals surface area contributed by atoms with Crippen LogP contribution in [0.5, 0.6) is 0 Å². The van der Waals surface area contributed by atoms with Gasteiger partial charge in [-0.25, -0.2) is 0 Å². The molecular formula is C18H26O2S2. The first-order valence-electron chi connectivity index (χ1n) is 7.51. The van der Waals surface area contributed by atoms with Gasteiger partial charge in [0.2, 0.25) is 0 Å². The fourth-order valence-electron chi connectivity index (χ4n) is 3.50. The van der Waals surface area contributed by atoms with Gasteiger partial charge in [0.1, 0.15) is 11.2 Å². The SMILES string of the molecule is Cc1sc(C)c(C(C)(O)C(C)(O)c2c(C)sc(C)c2C)c1C. The van der Waals surface area contributed by atoms with Crippen molar-refractivity contribution in [2.75, 3.05) is 0 Å². The molecule has 0 spiro atoms. The van der Waals surface area contributed by atoms with Crippen LogP contribution in [0.15, 0.2) is 0 Å². The monoisotopic (exact) mass is 338 g/mol. The van der Waals surface area contributed by atoms with E-state index < -0.39 is 11.2 Å². The summed E-state index contributed by atoms with van der Waals surface area (Å²) in [7, 11) is 0. The molecule has 0 aliphatic heterocycles. The lowest BCUT2D eigenvalue weighted by atomic mass is 9.73. The van der Waals surface area contributed by atoms with Crippen LogP contribution in [0.3, 0.4) is 0 Å². The van der Waals surface area contributed by atoms with Crippen LogP contribution in [0.25, 0.3) is 0 Å². The van der Waals surface area contributed by atoms with Crippen molar-refractivity contribution in [1.82, 2.24) is 0 Å². The average Bonchev–Trinajstić information content (AvgIpc) is 2.76. The molecule has 2 nitrogen and oxygen atoms in total. The summed E-state index contributed by atoms with van der Waals surface area (Å²) >= 11 is 3.36. The Balaban J connectivity index is 2.70. The Kier molecular flexibility index (Phi) is 4.37. The second kappa shape index (κ2) is 5.45. The van der Waals surface area contributed by atoms with Crippen molar-refractivity contribution in [1.29, 1.82) is 0 Å². The van der Waals surface area contributed by atoms with Gasteiger partial charge in [-0.3, -0.25) is 0 Å². The molecule has 2 unspecified atom stereocenters. The standard InChI is InChI=1S/C18H26O2S2/c1-9-11(3)21-13(5)15(9)17(7,19)18(8,20)16-10(2)12(4)22-14(16)6/h19-20H,1-8H3. The number of rotatable bonds is 3. The first-order chi connectivity index (χ1) is 9.92. The summed E-state index contributed by atoms with van der Waals surface area (Å²) in [6.45, 7) is 15.7. The molecule has 0 saturated carbocycles. The minimum Gasteiger partial charge on any atom is -0.382 e. The predicted octanol–water partition coefficient (Wildman–Crippen LogP) is 4.78. The molecule has 122 valence electrons. The third-order valence-corrected chi connectivity index (χ3v) is 7.29. The van der Waals surface area contributed by atoms with Crippen LogP contribution in [0, 0.1) is 41.5 Å². The Hall–Kier alpha value is -0.680. The van der Waals surface area contributed by atoms with Crippen LogP contribution in [0.2, 0.25) is 0 Å². The Labute approximate surface area is 141 Å². The predicted molar refractivity (Wildman–Crippen MR) is 96.2 cm³/mol. The van der Waals surface area contributed by atoms with Crippen LogP contribution < -0.4 is 0 Å². The fourth-order valence-corrected chi connectivity index (χ4v) is 5.83. The molecule has 22 heavy (non-hydrogen) atoms. The largest absolute Gasteiger partial charge is 0.382 e. The van der Waals surface area contributed by atoms with Crippen LogP contribution in [0.4, 0.5) is 0 Å². The molecular weight excluding hydrogens is 312 g/mol. The van der Waals surface area contributed by atoms with Gasteiger partial charge in [-0.1, -0.05) is 0 Å². The Morgan fingerprint density at radius 3 is 1.05 bits per heavy atom. The van der Waals surface area contributed by atoms with Crippen molar-refractivity contribution >= 4 is 22.7 Å². The van der Waals surface area contributed by atoms with Crippen LogP contribution in [-0.4, -0.2) is 10.2 Å². The molecule has 0 aromatic carbocycles. The molecule has 0 aliphatic rings. The molecule has 0 bridgehead atoms. The smallest absolute Gasteiger partial charge is 0.121 e. The van der Waals surface area contributed by atoms with E-state index in [1.165, 1.54) is 9.75 Å². The zero-order valence-corrected chi connectivity index (χ0v) is 16.3. The third-order valence-electron chi connectivity index (χ3n) is 5.04. The molecule has 2 N–H and O–H groups in total. The highest BCUT2D eigenvalue weighted by Crippen LogP contribution is 2.48. The molecule has 0 amide bonds. The second-order valence-corrected chi connectivity index (χ2v) is 9.43. The lowest BCUT2D eigenvalue weighted by Crippen LogP contribution is -2.46. The van der Waals surface area contributed by atoms with Crippen molar-refractivity contribution in [3.63, 3.8) is 0 Å². The van der Waals surface area contributed by atoms with Gasteiger partial charge in [0.15, 0.2) is 0 Å². The maximum absolute atomic E-state index is 11.4. The zero-order chi connectivity index (χ0) is 17.0. The number of aryl methyl sites for hydroxylation is 4. The van der Waals surface area contributed by atoms with Crippen molar-refractivity contribution in [3.8, 4) is 0 Å². The molecule has 2 aromatic heterocycles. The molecule has 2 heterocycles. The summed E-state index contributed by atoms with van der Waals surface area (Å²) in [6.07, 6.45) is 0. The van der Waals surface area contributed by atoms with Crippen molar-refractivity contribution in [3.05, 3.63) is 41.8 Å². The second-order valence-electron chi connectivity index (χ2n) is 6.57. The van der Waals surface area contributed by atoms with E-state index in [2.05, 4.69) is 13.8 Å². The molecule has 2 atom stereocenters. The van der Waals surface area contributed by atoms with E-state index in [9.17, 15) is 10.2 Å². The van der Waals surface area contributed by atoms with E-state index >= 15 is 0 Å².